The predicted molar refractivity (Wildman–Crippen MR) is 103 cm³/mol. The number of esters is 1. The number of hydrogen-bond donors (Lipinski definition) is 1. The number of nitrogens with one attached hydrogen (secondary N) is 1. The first-order valence-corrected chi connectivity index (χ1v) is 9.12. The number of rotatable bonds is 10. The highest BCUT2D eigenvalue weighted by Crippen LogP contribution is 2.35. The molecule has 162 valence electrons. The first-order valence-electron chi connectivity index (χ1n) is 9.12. The van der Waals surface area contributed by atoms with Crippen LogP contribution in [-0.2, 0) is 31.7 Å². The van der Waals surface area contributed by atoms with Gasteiger partial charge in [0, 0.05) is 13.5 Å². The Hall–Kier alpha value is -3.07. The Kier molecular flexibility index (Phi) is 8.67. The van der Waals surface area contributed by atoms with E-state index in [4.69, 9.17) is 14.2 Å². The molecular weight excluding hydrogens is 403 g/mol. The van der Waals surface area contributed by atoms with Gasteiger partial charge >= 0.3 is 12.1 Å². The summed E-state index contributed by atoms with van der Waals surface area (Å²) in [5.41, 5.74) is -0.177. The van der Waals surface area contributed by atoms with Gasteiger partial charge < -0.3 is 19.5 Å². The van der Waals surface area contributed by atoms with Crippen LogP contribution in [0.1, 0.15) is 17.5 Å². The van der Waals surface area contributed by atoms with Gasteiger partial charge in [-0.25, -0.2) is 0 Å². The number of halogens is 3. The minimum absolute atomic E-state index is 0.0452. The highest BCUT2D eigenvalue weighted by Gasteiger charge is 2.31. The lowest BCUT2D eigenvalue weighted by Crippen LogP contribution is -2.22. The number of amides is 1. The van der Waals surface area contributed by atoms with E-state index >= 15 is 0 Å². The number of ether oxygens (including phenoxy) is 3. The summed E-state index contributed by atoms with van der Waals surface area (Å²) in [4.78, 5) is 23.9. The van der Waals surface area contributed by atoms with Crippen molar-refractivity contribution in [2.75, 3.05) is 32.2 Å². The molecule has 30 heavy (non-hydrogen) atoms. The summed E-state index contributed by atoms with van der Waals surface area (Å²) < 4.78 is 54.0. The zero-order chi connectivity index (χ0) is 22.0. The van der Waals surface area contributed by atoms with Crippen molar-refractivity contribution in [3.8, 4) is 5.75 Å². The lowest BCUT2D eigenvalue weighted by atomic mass is 10.1. The predicted octanol–water partition coefficient (Wildman–Crippen LogP) is 3.85. The second kappa shape index (κ2) is 11.2. The van der Waals surface area contributed by atoms with Crippen LogP contribution in [0.3, 0.4) is 0 Å². The summed E-state index contributed by atoms with van der Waals surface area (Å²) >= 11 is 0. The molecule has 0 bridgehead atoms. The summed E-state index contributed by atoms with van der Waals surface area (Å²) in [6, 6.07) is 12.0. The minimum atomic E-state index is -4.59. The Labute approximate surface area is 171 Å². The number of carbonyl (C=O) groups excluding carboxylic acids is 2. The van der Waals surface area contributed by atoms with Gasteiger partial charge in [0.15, 0.2) is 6.61 Å². The Bertz CT molecular complexity index is 840. The maximum Gasteiger partial charge on any atom is 0.416 e. The van der Waals surface area contributed by atoms with Crippen molar-refractivity contribution in [1.29, 1.82) is 0 Å². The highest BCUT2D eigenvalue weighted by molar-refractivity contribution is 5.94. The van der Waals surface area contributed by atoms with Crippen LogP contribution in [-0.4, -0.2) is 38.8 Å². The van der Waals surface area contributed by atoms with Crippen LogP contribution in [0.5, 0.6) is 5.75 Å². The van der Waals surface area contributed by atoms with Crippen LogP contribution in [0.15, 0.2) is 48.5 Å². The molecule has 0 saturated carbocycles. The van der Waals surface area contributed by atoms with Crippen molar-refractivity contribution in [3.63, 3.8) is 0 Å². The summed E-state index contributed by atoms with van der Waals surface area (Å²) in [6.45, 7) is -0.325. The van der Waals surface area contributed by atoms with E-state index in [0.717, 1.165) is 23.8 Å². The summed E-state index contributed by atoms with van der Waals surface area (Å²) in [5, 5.41) is 2.30. The molecule has 0 fully saturated rings. The first-order chi connectivity index (χ1) is 14.3. The van der Waals surface area contributed by atoms with Gasteiger partial charge in [0.25, 0.3) is 5.91 Å². The molecule has 0 atom stereocenters. The fraction of sp³-hybridized carbons (Fsp3) is 0.333. The molecule has 0 spiro atoms. The first kappa shape index (κ1) is 23.2. The van der Waals surface area contributed by atoms with E-state index in [1.807, 2.05) is 30.3 Å². The number of aryl methyl sites for hydroxylation is 1. The second-order valence-corrected chi connectivity index (χ2v) is 6.24. The molecule has 0 saturated heterocycles. The maximum atomic E-state index is 13.0. The fourth-order valence-corrected chi connectivity index (χ4v) is 2.46. The molecule has 0 heterocycles. The van der Waals surface area contributed by atoms with E-state index < -0.39 is 30.2 Å². The molecule has 0 radical (unpaired) electrons. The SMILES string of the molecule is COCCOc1ccc(C(F)(F)F)cc1NC(=O)COC(=O)CCc1ccccc1. The third-order valence-corrected chi connectivity index (χ3v) is 3.95. The third kappa shape index (κ3) is 7.75. The lowest BCUT2D eigenvalue weighted by Gasteiger charge is -2.15. The van der Waals surface area contributed by atoms with Crippen LogP contribution in [0.2, 0.25) is 0 Å². The molecule has 2 rings (SSSR count). The van der Waals surface area contributed by atoms with Crippen LogP contribution in [0.25, 0.3) is 0 Å². The lowest BCUT2D eigenvalue weighted by molar-refractivity contribution is -0.147. The number of methoxy groups -OCH3 is 1. The number of carbonyl (C=O) groups is 2. The minimum Gasteiger partial charge on any atom is -0.489 e. The number of hydrogen-bond acceptors (Lipinski definition) is 5. The number of alkyl halides is 3. The van der Waals surface area contributed by atoms with Crippen molar-refractivity contribution in [3.05, 3.63) is 59.7 Å². The normalized spacial score (nSPS) is 11.1. The van der Waals surface area contributed by atoms with Crippen LogP contribution < -0.4 is 10.1 Å². The number of benzene rings is 2. The Morgan fingerprint density at radius 3 is 2.43 bits per heavy atom. The van der Waals surface area contributed by atoms with Crippen LogP contribution in [0, 0.1) is 0 Å². The maximum absolute atomic E-state index is 13.0. The van der Waals surface area contributed by atoms with Gasteiger partial charge in [-0.1, -0.05) is 30.3 Å². The van der Waals surface area contributed by atoms with E-state index in [9.17, 15) is 22.8 Å². The molecule has 6 nitrogen and oxygen atoms in total. The topological polar surface area (TPSA) is 73.9 Å². The van der Waals surface area contributed by atoms with Crippen molar-refractivity contribution in [2.45, 2.75) is 19.0 Å². The molecule has 0 aliphatic rings. The summed E-state index contributed by atoms with van der Waals surface area (Å²) in [7, 11) is 1.45. The molecular formula is C21H22F3NO5. The molecule has 1 amide bonds. The van der Waals surface area contributed by atoms with Gasteiger partial charge in [0.1, 0.15) is 12.4 Å². The third-order valence-electron chi connectivity index (χ3n) is 3.95. The number of anilines is 1. The molecule has 0 unspecified atom stereocenters. The highest BCUT2D eigenvalue weighted by atomic mass is 19.4. The van der Waals surface area contributed by atoms with E-state index in [1.54, 1.807) is 0 Å². The molecule has 0 aliphatic carbocycles. The van der Waals surface area contributed by atoms with E-state index in [2.05, 4.69) is 5.32 Å². The Morgan fingerprint density at radius 2 is 1.77 bits per heavy atom. The van der Waals surface area contributed by atoms with Crippen molar-refractivity contribution in [2.24, 2.45) is 0 Å². The summed E-state index contributed by atoms with van der Waals surface area (Å²) in [5.74, 6) is -1.32. The van der Waals surface area contributed by atoms with Gasteiger partial charge in [-0.05, 0) is 30.2 Å². The molecule has 1 N–H and O–H groups in total. The van der Waals surface area contributed by atoms with Crippen LogP contribution >= 0.6 is 0 Å². The fourth-order valence-electron chi connectivity index (χ4n) is 2.46. The van der Waals surface area contributed by atoms with Crippen LogP contribution in [0.4, 0.5) is 18.9 Å². The van der Waals surface area contributed by atoms with Crippen molar-refractivity contribution >= 4 is 17.6 Å². The Balaban J connectivity index is 1.93. The Morgan fingerprint density at radius 1 is 1.03 bits per heavy atom. The molecule has 9 heteroatoms. The monoisotopic (exact) mass is 425 g/mol. The second-order valence-electron chi connectivity index (χ2n) is 6.24. The van der Waals surface area contributed by atoms with E-state index in [-0.39, 0.29) is 31.1 Å². The average molecular weight is 425 g/mol. The molecule has 2 aromatic carbocycles. The smallest absolute Gasteiger partial charge is 0.416 e. The van der Waals surface area contributed by atoms with Crippen molar-refractivity contribution < 1.29 is 37.0 Å². The average Bonchev–Trinajstić information content (AvgIpc) is 2.72. The van der Waals surface area contributed by atoms with Gasteiger partial charge in [-0.3, -0.25) is 9.59 Å². The quantitative estimate of drug-likeness (QED) is 0.463. The molecule has 2 aromatic rings. The zero-order valence-corrected chi connectivity index (χ0v) is 16.3. The van der Waals surface area contributed by atoms with Gasteiger partial charge in [-0.15, -0.1) is 0 Å². The largest absolute Gasteiger partial charge is 0.489 e. The van der Waals surface area contributed by atoms with Gasteiger partial charge in [0.2, 0.25) is 0 Å². The van der Waals surface area contributed by atoms with Crippen molar-refractivity contribution in [1.82, 2.24) is 0 Å². The van der Waals surface area contributed by atoms with Gasteiger partial charge in [-0.2, -0.15) is 13.2 Å². The molecule has 0 aromatic heterocycles. The van der Waals surface area contributed by atoms with E-state index in [0.29, 0.717) is 6.42 Å². The van der Waals surface area contributed by atoms with E-state index in [1.165, 1.54) is 7.11 Å². The standard InChI is InChI=1S/C21H22F3NO5/c1-28-11-12-29-18-9-8-16(21(22,23)24)13-17(18)25-19(26)14-30-20(27)10-7-15-5-3-2-4-6-15/h2-6,8-9,13H,7,10-12,14H2,1H3,(H,25,26). The summed E-state index contributed by atoms with van der Waals surface area (Å²) in [6.07, 6.45) is -4.06. The molecule has 0 aliphatic heterocycles. The van der Waals surface area contributed by atoms with Gasteiger partial charge in [0.05, 0.1) is 17.9 Å². The zero-order valence-electron chi connectivity index (χ0n) is 16.3.